The van der Waals surface area contributed by atoms with Crippen LogP contribution in [0.4, 0.5) is 11.4 Å². The summed E-state index contributed by atoms with van der Waals surface area (Å²) in [5.74, 6) is 0.436. The number of carbonyl (C=O) groups is 2. The Morgan fingerprint density at radius 2 is 2.17 bits per heavy atom. The number of amides is 2. The molecule has 1 aliphatic rings. The van der Waals surface area contributed by atoms with Crippen molar-refractivity contribution in [3.63, 3.8) is 0 Å². The summed E-state index contributed by atoms with van der Waals surface area (Å²) in [6.45, 7) is 4.03. The maximum absolute atomic E-state index is 11.7. The van der Waals surface area contributed by atoms with Crippen molar-refractivity contribution in [1.82, 2.24) is 0 Å². The van der Waals surface area contributed by atoms with E-state index in [-0.39, 0.29) is 11.8 Å². The predicted molar refractivity (Wildman–Crippen MR) is 71.5 cm³/mol. The minimum atomic E-state index is 0.0322. The molecule has 0 radical (unpaired) electrons. The monoisotopic (exact) mass is 246 g/mol. The molecule has 2 rings (SSSR count). The van der Waals surface area contributed by atoms with Crippen LogP contribution in [0.3, 0.4) is 0 Å². The topological polar surface area (TPSA) is 58.2 Å². The summed E-state index contributed by atoms with van der Waals surface area (Å²) in [7, 11) is 0. The molecule has 0 atom stereocenters. The average Bonchev–Trinajstić information content (AvgIpc) is 2.28. The van der Waals surface area contributed by atoms with Crippen LogP contribution < -0.4 is 10.6 Å². The lowest BCUT2D eigenvalue weighted by Crippen LogP contribution is -2.19. The van der Waals surface area contributed by atoms with E-state index in [1.807, 2.05) is 32.0 Å². The summed E-state index contributed by atoms with van der Waals surface area (Å²) in [5.41, 5.74) is 2.74. The van der Waals surface area contributed by atoms with Crippen LogP contribution in [-0.2, 0) is 16.0 Å². The number of hydrogen-bond donors (Lipinski definition) is 2. The van der Waals surface area contributed by atoms with E-state index < -0.39 is 0 Å². The molecule has 1 aliphatic heterocycles. The van der Waals surface area contributed by atoms with Crippen LogP contribution in [0.2, 0.25) is 0 Å². The first-order chi connectivity index (χ1) is 8.54. The van der Waals surface area contributed by atoms with E-state index in [9.17, 15) is 9.59 Å². The fraction of sp³-hybridized carbons (Fsp3) is 0.429. The van der Waals surface area contributed by atoms with Gasteiger partial charge in [0, 0.05) is 24.2 Å². The van der Waals surface area contributed by atoms with E-state index in [0.717, 1.165) is 23.4 Å². The van der Waals surface area contributed by atoms with Crippen LogP contribution in [0.5, 0.6) is 0 Å². The molecule has 0 saturated heterocycles. The Labute approximate surface area is 107 Å². The Morgan fingerprint density at radius 3 is 2.89 bits per heavy atom. The summed E-state index contributed by atoms with van der Waals surface area (Å²) in [6.07, 6.45) is 1.76. The van der Waals surface area contributed by atoms with Crippen LogP contribution in [-0.4, -0.2) is 11.8 Å². The highest BCUT2D eigenvalue weighted by molar-refractivity contribution is 5.95. The zero-order valence-corrected chi connectivity index (χ0v) is 10.7. The number of fused-ring (bicyclic) bond motifs is 1. The number of carbonyl (C=O) groups excluding carboxylic acids is 2. The van der Waals surface area contributed by atoms with Gasteiger partial charge in [0.05, 0.1) is 0 Å². The number of aryl methyl sites for hydroxylation is 1. The van der Waals surface area contributed by atoms with Crippen molar-refractivity contribution < 1.29 is 9.59 Å². The van der Waals surface area contributed by atoms with Crippen LogP contribution in [0.1, 0.15) is 32.3 Å². The highest BCUT2D eigenvalue weighted by Gasteiger charge is 2.15. The van der Waals surface area contributed by atoms with E-state index in [1.165, 1.54) is 0 Å². The fourth-order valence-electron chi connectivity index (χ4n) is 2.04. The number of hydrogen-bond acceptors (Lipinski definition) is 2. The molecule has 4 heteroatoms. The first-order valence-electron chi connectivity index (χ1n) is 6.27. The van der Waals surface area contributed by atoms with E-state index in [1.54, 1.807) is 0 Å². The standard InChI is InChI=1S/C14H18N2O2/c1-9(2)7-14(18)15-11-4-5-12-10(8-11)3-6-13(17)16-12/h4-5,8-9H,3,6-7H2,1-2H3,(H,15,18)(H,16,17). The molecule has 1 aromatic rings. The van der Waals surface area contributed by atoms with Crippen molar-refractivity contribution in [2.24, 2.45) is 5.92 Å². The third-order valence-electron chi connectivity index (χ3n) is 2.88. The third-order valence-corrected chi connectivity index (χ3v) is 2.88. The van der Waals surface area contributed by atoms with E-state index in [0.29, 0.717) is 18.8 Å². The van der Waals surface area contributed by atoms with Crippen molar-refractivity contribution >= 4 is 23.2 Å². The number of benzene rings is 1. The van der Waals surface area contributed by atoms with Gasteiger partial charge < -0.3 is 10.6 Å². The predicted octanol–water partition coefficient (Wildman–Crippen LogP) is 2.56. The Kier molecular flexibility index (Phi) is 3.65. The van der Waals surface area contributed by atoms with Gasteiger partial charge in [0.2, 0.25) is 11.8 Å². The molecule has 0 saturated carbocycles. The second kappa shape index (κ2) is 5.21. The summed E-state index contributed by atoms with van der Waals surface area (Å²) in [5, 5.41) is 5.70. The minimum Gasteiger partial charge on any atom is -0.326 e. The maximum atomic E-state index is 11.7. The summed E-state index contributed by atoms with van der Waals surface area (Å²) in [4.78, 5) is 22.9. The van der Waals surface area contributed by atoms with Gasteiger partial charge in [-0.25, -0.2) is 0 Å². The lowest BCUT2D eigenvalue weighted by Gasteiger charge is -2.18. The van der Waals surface area contributed by atoms with Crippen molar-refractivity contribution in [1.29, 1.82) is 0 Å². The van der Waals surface area contributed by atoms with Gasteiger partial charge in [0.25, 0.3) is 0 Å². The first-order valence-corrected chi connectivity index (χ1v) is 6.27. The fourth-order valence-corrected chi connectivity index (χ4v) is 2.04. The summed E-state index contributed by atoms with van der Waals surface area (Å²) in [6, 6.07) is 5.60. The second-order valence-corrected chi connectivity index (χ2v) is 5.07. The molecule has 0 unspecified atom stereocenters. The summed E-state index contributed by atoms with van der Waals surface area (Å²) < 4.78 is 0. The average molecular weight is 246 g/mol. The Hall–Kier alpha value is -1.84. The Morgan fingerprint density at radius 1 is 1.39 bits per heavy atom. The molecule has 4 nitrogen and oxygen atoms in total. The van der Waals surface area contributed by atoms with E-state index >= 15 is 0 Å². The van der Waals surface area contributed by atoms with Crippen molar-refractivity contribution in [3.05, 3.63) is 23.8 Å². The van der Waals surface area contributed by atoms with Crippen molar-refractivity contribution in [2.45, 2.75) is 33.1 Å². The molecule has 2 N–H and O–H groups in total. The molecular formula is C14H18N2O2. The first kappa shape index (κ1) is 12.6. The van der Waals surface area contributed by atoms with Crippen LogP contribution >= 0.6 is 0 Å². The lowest BCUT2D eigenvalue weighted by molar-refractivity contribution is -0.117. The maximum Gasteiger partial charge on any atom is 0.224 e. The largest absolute Gasteiger partial charge is 0.326 e. The molecule has 0 spiro atoms. The normalized spacial score (nSPS) is 14.1. The van der Waals surface area contributed by atoms with E-state index in [2.05, 4.69) is 10.6 Å². The van der Waals surface area contributed by atoms with Crippen molar-refractivity contribution in [2.75, 3.05) is 10.6 Å². The number of anilines is 2. The second-order valence-electron chi connectivity index (χ2n) is 5.07. The molecular weight excluding hydrogens is 228 g/mol. The van der Waals surface area contributed by atoms with Gasteiger partial charge >= 0.3 is 0 Å². The molecule has 96 valence electrons. The third kappa shape index (κ3) is 3.09. The highest BCUT2D eigenvalue weighted by atomic mass is 16.2. The smallest absolute Gasteiger partial charge is 0.224 e. The van der Waals surface area contributed by atoms with Gasteiger partial charge in [-0.3, -0.25) is 9.59 Å². The molecule has 0 aliphatic carbocycles. The zero-order chi connectivity index (χ0) is 13.1. The van der Waals surface area contributed by atoms with Crippen LogP contribution in [0, 0.1) is 5.92 Å². The number of rotatable bonds is 3. The van der Waals surface area contributed by atoms with Gasteiger partial charge in [-0.15, -0.1) is 0 Å². The molecule has 2 amide bonds. The lowest BCUT2D eigenvalue weighted by atomic mass is 10.0. The molecule has 0 bridgehead atoms. The van der Waals surface area contributed by atoms with E-state index in [4.69, 9.17) is 0 Å². The molecule has 0 fully saturated rings. The quantitative estimate of drug-likeness (QED) is 0.861. The number of nitrogens with one attached hydrogen (secondary N) is 2. The SMILES string of the molecule is CC(C)CC(=O)Nc1ccc2c(c1)CCC(=O)N2. The zero-order valence-electron chi connectivity index (χ0n) is 10.7. The van der Waals surface area contributed by atoms with Gasteiger partial charge in [-0.1, -0.05) is 13.8 Å². The summed E-state index contributed by atoms with van der Waals surface area (Å²) >= 11 is 0. The minimum absolute atomic E-state index is 0.0322. The van der Waals surface area contributed by atoms with Crippen LogP contribution in [0.15, 0.2) is 18.2 Å². The van der Waals surface area contributed by atoms with Gasteiger partial charge in [0.15, 0.2) is 0 Å². The Bertz CT molecular complexity index is 481. The van der Waals surface area contributed by atoms with Gasteiger partial charge in [-0.2, -0.15) is 0 Å². The van der Waals surface area contributed by atoms with Crippen molar-refractivity contribution in [3.8, 4) is 0 Å². The van der Waals surface area contributed by atoms with Crippen LogP contribution in [0.25, 0.3) is 0 Å². The molecule has 18 heavy (non-hydrogen) atoms. The molecule has 0 aromatic heterocycles. The van der Waals surface area contributed by atoms with Gasteiger partial charge in [0.1, 0.15) is 0 Å². The highest BCUT2D eigenvalue weighted by Crippen LogP contribution is 2.25. The molecule has 1 heterocycles. The van der Waals surface area contributed by atoms with Gasteiger partial charge in [-0.05, 0) is 36.1 Å². The molecule has 1 aromatic carbocycles. The Balaban J connectivity index is 2.07.